The van der Waals surface area contributed by atoms with Crippen molar-refractivity contribution in [3.8, 4) is 0 Å². The van der Waals surface area contributed by atoms with Crippen molar-refractivity contribution in [3.05, 3.63) is 70.8 Å². The number of hydrogen-bond donors (Lipinski definition) is 2. The van der Waals surface area contributed by atoms with Gasteiger partial charge in [-0.15, -0.1) is 12.6 Å². The highest BCUT2D eigenvalue weighted by molar-refractivity contribution is 7.80. The van der Waals surface area contributed by atoms with E-state index in [0.717, 1.165) is 43.1 Å². The number of carbonyl (C=O) groups is 1. The molecule has 1 aromatic heterocycles. The van der Waals surface area contributed by atoms with E-state index in [1.54, 1.807) is 6.92 Å². The number of pyridine rings is 1. The van der Waals surface area contributed by atoms with Gasteiger partial charge in [0.15, 0.2) is 0 Å². The third-order valence-electron chi connectivity index (χ3n) is 7.69. The quantitative estimate of drug-likeness (QED) is 0.125. The van der Waals surface area contributed by atoms with Crippen LogP contribution >= 0.6 is 12.6 Å². The van der Waals surface area contributed by atoms with Crippen molar-refractivity contribution in [1.82, 2.24) is 15.2 Å². The number of alkyl halides is 6. The number of para-hydroxylation sites is 1. The molecule has 1 fully saturated rings. The number of carbonyl (C=O) groups excluding carboxylic acids is 1. The Kier molecular flexibility index (Phi) is 10.9. The minimum Gasteiger partial charge on any atom is -0.450 e. The summed E-state index contributed by atoms with van der Waals surface area (Å²) in [4.78, 5) is 20.9. The number of fused-ring (bicyclic) bond motifs is 1. The van der Waals surface area contributed by atoms with Crippen LogP contribution < -0.4 is 10.2 Å². The second-order valence-electron chi connectivity index (χ2n) is 10.9. The fourth-order valence-electron chi connectivity index (χ4n) is 5.57. The van der Waals surface area contributed by atoms with E-state index in [9.17, 15) is 31.1 Å². The van der Waals surface area contributed by atoms with Crippen LogP contribution in [0.3, 0.4) is 0 Å². The predicted molar refractivity (Wildman–Crippen MR) is 160 cm³/mol. The van der Waals surface area contributed by atoms with E-state index < -0.39 is 41.6 Å². The molecule has 1 aliphatic rings. The van der Waals surface area contributed by atoms with Crippen molar-refractivity contribution in [2.24, 2.45) is 5.92 Å². The summed E-state index contributed by atoms with van der Waals surface area (Å²) >= 11 is 4.50. The number of alkyl carbamates (subject to hydrolysis) is 1. The van der Waals surface area contributed by atoms with E-state index in [1.807, 2.05) is 37.3 Å². The SMILES string of the molecule is CCOC(=O)NC(S)N(Cc1cc(C(F)(F)F)cc(C(F)(F)F)c1)Cc1cc2ccccc2nc1N(CC)CC1CCCC1. The Bertz CT molecular complexity index is 1400. The molecule has 240 valence electrons. The van der Waals surface area contributed by atoms with Crippen molar-refractivity contribution in [1.29, 1.82) is 0 Å². The zero-order chi connectivity index (χ0) is 32.1. The highest BCUT2D eigenvalue weighted by atomic mass is 32.1. The lowest BCUT2D eigenvalue weighted by molar-refractivity contribution is -0.143. The van der Waals surface area contributed by atoms with Crippen LogP contribution in [0, 0.1) is 5.92 Å². The van der Waals surface area contributed by atoms with Gasteiger partial charge in [-0.3, -0.25) is 10.2 Å². The number of hydrogen-bond acceptors (Lipinski definition) is 6. The highest BCUT2D eigenvalue weighted by Crippen LogP contribution is 2.37. The molecule has 1 heterocycles. The van der Waals surface area contributed by atoms with Gasteiger partial charge in [-0.25, -0.2) is 9.78 Å². The number of ether oxygens (including phenoxy) is 1. The average molecular weight is 643 g/mol. The highest BCUT2D eigenvalue weighted by Gasteiger charge is 2.37. The topological polar surface area (TPSA) is 57.7 Å². The lowest BCUT2D eigenvalue weighted by Crippen LogP contribution is -2.44. The third kappa shape index (κ3) is 8.71. The Hall–Kier alpha value is -3.19. The van der Waals surface area contributed by atoms with Crippen LogP contribution in [0.25, 0.3) is 10.9 Å². The van der Waals surface area contributed by atoms with E-state index >= 15 is 0 Å². The van der Waals surface area contributed by atoms with Crippen molar-refractivity contribution >= 4 is 35.4 Å². The second-order valence-corrected chi connectivity index (χ2v) is 11.4. The van der Waals surface area contributed by atoms with Crippen molar-refractivity contribution in [2.45, 2.75) is 70.5 Å². The van der Waals surface area contributed by atoms with E-state index in [-0.39, 0.29) is 24.8 Å². The smallest absolute Gasteiger partial charge is 0.416 e. The first kappa shape index (κ1) is 33.7. The zero-order valence-electron chi connectivity index (χ0n) is 24.5. The van der Waals surface area contributed by atoms with Crippen LogP contribution in [0.2, 0.25) is 0 Å². The van der Waals surface area contributed by atoms with Gasteiger partial charge in [0.25, 0.3) is 0 Å². The Morgan fingerprint density at radius 3 is 2.23 bits per heavy atom. The first-order chi connectivity index (χ1) is 20.8. The number of aromatic nitrogens is 1. The number of halogens is 6. The summed E-state index contributed by atoms with van der Waals surface area (Å²) in [6.45, 7) is 4.69. The van der Waals surface area contributed by atoms with Crippen LogP contribution in [-0.2, 0) is 30.2 Å². The molecule has 2 aromatic carbocycles. The summed E-state index contributed by atoms with van der Waals surface area (Å²) < 4.78 is 86.8. The van der Waals surface area contributed by atoms with Gasteiger partial charge in [0.1, 0.15) is 11.3 Å². The monoisotopic (exact) mass is 642 g/mol. The fraction of sp³-hybridized carbons (Fsp3) is 0.484. The van der Waals surface area contributed by atoms with Gasteiger partial charge in [0.05, 0.1) is 23.3 Å². The maximum atomic E-state index is 13.6. The lowest BCUT2D eigenvalue weighted by Gasteiger charge is -2.32. The standard InChI is InChI=1S/C31H36F6N4O2S/c1-3-40(17-20-9-5-6-10-20)27-23(15-22-11-7-8-12-26(22)38-27)19-41(28(44)39-29(42)43-4-2)18-21-13-24(30(32,33)34)16-25(14-21)31(35,36)37/h7-8,11-16,20,28,44H,3-6,9-10,17-19H2,1-2H3,(H,39,42). The largest absolute Gasteiger partial charge is 0.450 e. The summed E-state index contributed by atoms with van der Waals surface area (Å²) in [7, 11) is 0. The van der Waals surface area contributed by atoms with Gasteiger partial charge < -0.3 is 9.64 Å². The van der Waals surface area contributed by atoms with Crippen LogP contribution in [0.1, 0.15) is 61.8 Å². The minimum absolute atomic E-state index is 0.00645. The molecule has 1 amide bonds. The number of amides is 1. The predicted octanol–water partition coefficient (Wildman–Crippen LogP) is 8.25. The van der Waals surface area contributed by atoms with Gasteiger partial charge in [-0.05, 0) is 68.5 Å². The average Bonchev–Trinajstić information content (AvgIpc) is 3.47. The molecule has 0 saturated heterocycles. The third-order valence-corrected chi connectivity index (χ3v) is 8.15. The zero-order valence-corrected chi connectivity index (χ0v) is 25.4. The maximum absolute atomic E-state index is 13.6. The van der Waals surface area contributed by atoms with Gasteiger partial charge >= 0.3 is 18.4 Å². The molecule has 13 heteroatoms. The van der Waals surface area contributed by atoms with Crippen molar-refractivity contribution in [2.75, 3.05) is 24.6 Å². The van der Waals surface area contributed by atoms with Crippen LogP contribution in [0.15, 0.2) is 48.5 Å². The molecular weight excluding hydrogens is 606 g/mol. The number of nitrogens with zero attached hydrogens (tertiary/aromatic N) is 3. The van der Waals surface area contributed by atoms with Crippen molar-refractivity contribution in [3.63, 3.8) is 0 Å². The number of nitrogens with one attached hydrogen (secondary N) is 1. The van der Waals surface area contributed by atoms with E-state index in [0.29, 0.717) is 36.0 Å². The number of anilines is 1. The Balaban J connectivity index is 1.78. The van der Waals surface area contributed by atoms with E-state index in [1.165, 1.54) is 4.90 Å². The second kappa shape index (κ2) is 14.3. The Labute approximate surface area is 258 Å². The molecule has 1 saturated carbocycles. The summed E-state index contributed by atoms with van der Waals surface area (Å²) in [5, 5.41) is 3.34. The van der Waals surface area contributed by atoms with Crippen LogP contribution in [0.4, 0.5) is 37.0 Å². The minimum atomic E-state index is -5.00. The fourth-order valence-corrected chi connectivity index (χ4v) is 5.84. The van der Waals surface area contributed by atoms with Gasteiger partial charge in [0, 0.05) is 37.1 Å². The summed E-state index contributed by atoms with van der Waals surface area (Å²) in [5.74, 6) is 1.15. The number of thiol groups is 1. The molecule has 0 radical (unpaired) electrons. The summed E-state index contributed by atoms with van der Waals surface area (Å²) in [6.07, 6.45) is -6.30. The first-order valence-corrected chi connectivity index (χ1v) is 15.1. The Morgan fingerprint density at radius 2 is 1.64 bits per heavy atom. The molecule has 1 unspecified atom stereocenters. The maximum Gasteiger partial charge on any atom is 0.416 e. The number of rotatable bonds is 11. The van der Waals surface area contributed by atoms with Crippen molar-refractivity contribution < 1.29 is 35.9 Å². The number of benzene rings is 2. The molecule has 3 aromatic rings. The summed E-state index contributed by atoms with van der Waals surface area (Å²) in [6, 6.07) is 10.9. The molecule has 1 N–H and O–H groups in total. The lowest BCUT2D eigenvalue weighted by atomic mass is 10.0. The van der Waals surface area contributed by atoms with Crippen LogP contribution in [-0.4, -0.2) is 41.2 Å². The molecule has 44 heavy (non-hydrogen) atoms. The van der Waals surface area contributed by atoms with E-state index in [2.05, 4.69) is 22.8 Å². The van der Waals surface area contributed by atoms with Gasteiger partial charge in [-0.2, -0.15) is 26.3 Å². The molecule has 4 rings (SSSR count). The molecule has 0 aliphatic heterocycles. The van der Waals surface area contributed by atoms with E-state index in [4.69, 9.17) is 9.72 Å². The molecule has 1 aliphatic carbocycles. The molecular formula is C31H36F6N4O2S. The molecule has 6 nitrogen and oxygen atoms in total. The molecule has 0 bridgehead atoms. The van der Waals surface area contributed by atoms with Gasteiger partial charge in [-0.1, -0.05) is 31.0 Å². The summed E-state index contributed by atoms with van der Waals surface area (Å²) in [5.41, 5.74) is -2.76. The molecule has 0 spiro atoms. The van der Waals surface area contributed by atoms with Gasteiger partial charge in [0.2, 0.25) is 0 Å². The van der Waals surface area contributed by atoms with Crippen LogP contribution in [0.5, 0.6) is 0 Å². The molecule has 1 atom stereocenters. The Morgan fingerprint density at radius 1 is 1.00 bits per heavy atom. The normalized spacial score (nSPS) is 15.1. The first-order valence-electron chi connectivity index (χ1n) is 14.6.